The van der Waals surface area contributed by atoms with E-state index in [1.807, 2.05) is 35.0 Å². The molecule has 0 bridgehead atoms. The van der Waals surface area contributed by atoms with Crippen LogP contribution in [0, 0.1) is 5.92 Å². The number of fused-ring (bicyclic) bond motifs is 1. The Morgan fingerprint density at radius 1 is 1.15 bits per heavy atom. The summed E-state index contributed by atoms with van der Waals surface area (Å²) < 4.78 is 9.18. The first kappa shape index (κ1) is 16.0. The maximum atomic E-state index is 5.37. The van der Waals surface area contributed by atoms with Gasteiger partial charge in [0.15, 0.2) is 0 Å². The van der Waals surface area contributed by atoms with Gasteiger partial charge in [-0.2, -0.15) is 10.2 Å². The molecule has 2 saturated heterocycles. The monoisotopic (exact) mass is 351 g/mol. The summed E-state index contributed by atoms with van der Waals surface area (Å²) >= 11 is 0. The van der Waals surface area contributed by atoms with Crippen LogP contribution in [0.2, 0.25) is 0 Å². The lowest BCUT2D eigenvalue weighted by atomic mass is 9.81. The van der Waals surface area contributed by atoms with Gasteiger partial charge in [0.05, 0.1) is 43.4 Å². The van der Waals surface area contributed by atoms with Crippen molar-refractivity contribution in [2.75, 3.05) is 26.3 Å². The Balaban J connectivity index is 1.44. The average molecular weight is 351 g/mol. The highest BCUT2D eigenvalue weighted by Gasteiger charge is 2.33. The minimum Gasteiger partial charge on any atom is -0.378 e. The molecule has 0 N–H and O–H groups in total. The molecule has 0 radical (unpaired) electrons. The van der Waals surface area contributed by atoms with Crippen LogP contribution >= 0.6 is 0 Å². The zero-order valence-electron chi connectivity index (χ0n) is 15.4. The molecule has 0 aliphatic carbocycles. The predicted molar refractivity (Wildman–Crippen MR) is 101 cm³/mol. The van der Waals surface area contributed by atoms with Crippen LogP contribution < -0.4 is 0 Å². The molecule has 2 aromatic heterocycles. The Morgan fingerprint density at radius 3 is 2.73 bits per heavy atom. The molecule has 1 aromatic carbocycles. The summed E-state index contributed by atoms with van der Waals surface area (Å²) in [5, 5.41) is 10.0. The van der Waals surface area contributed by atoms with Crippen molar-refractivity contribution in [2.45, 2.75) is 25.3 Å². The second kappa shape index (κ2) is 6.21. The second-order valence-electron chi connectivity index (χ2n) is 7.81. The Kier molecular flexibility index (Phi) is 3.83. The third kappa shape index (κ3) is 2.64. The van der Waals surface area contributed by atoms with E-state index in [1.165, 1.54) is 30.5 Å². The first-order valence-corrected chi connectivity index (χ1v) is 9.47. The molecule has 3 aromatic rings. The van der Waals surface area contributed by atoms with Crippen molar-refractivity contribution in [2.24, 2.45) is 13.0 Å². The number of aryl methyl sites for hydroxylation is 1. The first-order chi connectivity index (χ1) is 12.7. The Bertz CT molecular complexity index is 925. The second-order valence-corrected chi connectivity index (χ2v) is 7.81. The van der Waals surface area contributed by atoms with Crippen LogP contribution in [-0.4, -0.2) is 56.8 Å². The molecule has 2 atom stereocenters. The topological polar surface area (TPSA) is 48.1 Å². The van der Waals surface area contributed by atoms with Gasteiger partial charge in [0.25, 0.3) is 0 Å². The zero-order chi connectivity index (χ0) is 17.7. The van der Waals surface area contributed by atoms with Crippen LogP contribution in [0.25, 0.3) is 16.6 Å². The highest BCUT2D eigenvalue weighted by atomic mass is 16.5. The van der Waals surface area contributed by atoms with E-state index in [1.54, 1.807) is 0 Å². The Labute approximate surface area is 153 Å². The van der Waals surface area contributed by atoms with E-state index in [4.69, 9.17) is 4.74 Å². The van der Waals surface area contributed by atoms with Gasteiger partial charge in [0.1, 0.15) is 5.69 Å². The first-order valence-electron chi connectivity index (χ1n) is 9.47. The zero-order valence-corrected chi connectivity index (χ0v) is 15.4. The predicted octanol–water partition coefficient (Wildman–Crippen LogP) is 2.58. The molecular weight excluding hydrogens is 326 g/mol. The fraction of sp³-hybridized carbons (Fsp3) is 0.500. The molecule has 26 heavy (non-hydrogen) atoms. The van der Waals surface area contributed by atoms with Crippen LogP contribution in [0.15, 0.2) is 36.8 Å². The van der Waals surface area contributed by atoms with Crippen molar-refractivity contribution in [3.8, 4) is 5.69 Å². The smallest absolute Gasteiger partial charge is 0.103 e. The van der Waals surface area contributed by atoms with E-state index < -0.39 is 0 Å². The molecule has 0 saturated carbocycles. The van der Waals surface area contributed by atoms with Crippen LogP contribution in [0.4, 0.5) is 0 Å². The number of nitrogens with zero attached hydrogens (tertiary/aromatic N) is 5. The van der Waals surface area contributed by atoms with E-state index in [0.29, 0.717) is 17.9 Å². The number of benzene rings is 1. The number of hydrogen-bond acceptors (Lipinski definition) is 4. The van der Waals surface area contributed by atoms with Gasteiger partial charge in [-0.15, -0.1) is 0 Å². The maximum Gasteiger partial charge on any atom is 0.103 e. The van der Waals surface area contributed by atoms with Gasteiger partial charge >= 0.3 is 0 Å². The third-order valence-corrected chi connectivity index (χ3v) is 6.03. The molecule has 2 aliphatic rings. The minimum atomic E-state index is 0.605. The number of likely N-dealkylation sites (tertiary alicyclic amines) is 1. The molecule has 0 amide bonds. The van der Waals surface area contributed by atoms with Gasteiger partial charge in [-0.25, -0.2) is 4.68 Å². The fourth-order valence-electron chi connectivity index (χ4n) is 4.43. The molecule has 6 heteroatoms. The Hall–Kier alpha value is -2.18. The summed E-state index contributed by atoms with van der Waals surface area (Å²) in [6.45, 7) is 6.54. The number of rotatable bonds is 3. The number of piperidine rings is 1. The lowest BCUT2D eigenvalue weighted by Crippen LogP contribution is -2.53. The van der Waals surface area contributed by atoms with Crippen molar-refractivity contribution in [3.63, 3.8) is 0 Å². The van der Waals surface area contributed by atoms with Crippen LogP contribution in [-0.2, 0) is 11.8 Å². The molecular formula is C20H25N5O. The van der Waals surface area contributed by atoms with Crippen molar-refractivity contribution in [1.82, 2.24) is 24.5 Å². The molecule has 2 aliphatic heterocycles. The molecule has 2 fully saturated rings. The van der Waals surface area contributed by atoms with E-state index in [-0.39, 0.29) is 0 Å². The normalized spacial score (nSPS) is 24.8. The number of ether oxygens (including phenoxy) is 1. The van der Waals surface area contributed by atoms with Gasteiger partial charge in [0.2, 0.25) is 0 Å². The maximum absolute atomic E-state index is 5.37. The summed E-state index contributed by atoms with van der Waals surface area (Å²) in [5.41, 5.74) is 3.60. The van der Waals surface area contributed by atoms with Crippen LogP contribution in [0.5, 0.6) is 0 Å². The lowest BCUT2D eigenvalue weighted by molar-refractivity contribution is -0.0773. The molecule has 136 valence electrons. The fourth-order valence-corrected chi connectivity index (χ4v) is 4.43. The van der Waals surface area contributed by atoms with Crippen LogP contribution in [0.3, 0.4) is 0 Å². The van der Waals surface area contributed by atoms with E-state index in [2.05, 4.69) is 40.2 Å². The molecule has 4 heterocycles. The standard InChI is InChI=1S/C20H25N5O/c1-14-10-24(18-12-26-13-18)6-5-19(14)15-3-4-16-8-22-25(20(16)7-15)17-9-21-23(2)11-17/h3-4,7-9,11,14,18-19H,5-6,10,12-13H2,1-2H3/t14-,19?/m1/s1. The van der Waals surface area contributed by atoms with Gasteiger partial charge in [0, 0.05) is 19.0 Å². The van der Waals surface area contributed by atoms with E-state index in [0.717, 1.165) is 24.4 Å². The van der Waals surface area contributed by atoms with Gasteiger partial charge in [-0.3, -0.25) is 9.58 Å². The summed E-state index contributed by atoms with van der Waals surface area (Å²) in [7, 11) is 1.93. The number of aromatic nitrogens is 4. The summed E-state index contributed by atoms with van der Waals surface area (Å²) in [6.07, 6.45) is 7.01. The van der Waals surface area contributed by atoms with Gasteiger partial charge in [-0.05, 0) is 36.4 Å². The summed E-state index contributed by atoms with van der Waals surface area (Å²) in [6, 6.07) is 7.48. The average Bonchev–Trinajstić information content (AvgIpc) is 3.18. The molecule has 5 rings (SSSR count). The molecule has 0 spiro atoms. The van der Waals surface area contributed by atoms with Crippen molar-refractivity contribution in [3.05, 3.63) is 42.4 Å². The SMILES string of the molecule is C[C@@H]1CN(C2COC2)CCC1c1ccc2cnn(-c3cnn(C)c3)c2c1. The quantitative estimate of drug-likeness (QED) is 0.728. The summed E-state index contributed by atoms with van der Waals surface area (Å²) in [5.74, 6) is 1.26. The minimum absolute atomic E-state index is 0.605. The van der Waals surface area contributed by atoms with Crippen molar-refractivity contribution < 1.29 is 4.74 Å². The Morgan fingerprint density at radius 2 is 2.04 bits per heavy atom. The largest absolute Gasteiger partial charge is 0.378 e. The van der Waals surface area contributed by atoms with E-state index in [9.17, 15) is 0 Å². The van der Waals surface area contributed by atoms with Crippen molar-refractivity contribution in [1.29, 1.82) is 0 Å². The summed E-state index contributed by atoms with van der Waals surface area (Å²) in [4.78, 5) is 2.61. The number of hydrogen-bond donors (Lipinski definition) is 0. The van der Waals surface area contributed by atoms with Gasteiger partial charge < -0.3 is 4.74 Å². The van der Waals surface area contributed by atoms with Crippen LogP contribution in [0.1, 0.15) is 24.8 Å². The van der Waals surface area contributed by atoms with Crippen molar-refractivity contribution >= 4 is 10.9 Å². The molecule has 1 unspecified atom stereocenters. The molecule has 6 nitrogen and oxygen atoms in total. The highest BCUT2D eigenvalue weighted by Crippen LogP contribution is 2.35. The van der Waals surface area contributed by atoms with E-state index >= 15 is 0 Å². The lowest BCUT2D eigenvalue weighted by Gasteiger charge is -2.44. The third-order valence-electron chi connectivity index (χ3n) is 6.03. The highest BCUT2D eigenvalue weighted by molar-refractivity contribution is 5.81. The van der Waals surface area contributed by atoms with Gasteiger partial charge in [-0.1, -0.05) is 19.1 Å².